The molecule has 0 amide bonds. The van der Waals surface area contributed by atoms with Gasteiger partial charge in [0.15, 0.2) is 0 Å². The minimum Gasteiger partial charge on any atom is -0.456 e. The highest BCUT2D eigenvalue weighted by atomic mass is 32.1. The molecule has 12 aromatic rings. The molecule has 8 aromatic carbocycles. The highest BCUT2D eigenvalue weighted by Crippen LogP contribution is 2.45. The van der Waals surface area contributed by atoms with E-state index in [4.69, 9.17) is 9.40 Å². The first-order chi connectivity index (χ1) is 27.2. The highest BCUT2D eigenvalue weighted by molar-refractivity contribution is 7.27. The molecule has 6 heteroatoms. The van der Waals surface area contributed by atoms with Crippen molar-refractivity contribution in [2.45, 2.75) is 0 Å². The normalized spacial score (nSPS) is 12.0. The smallest absolute Gasteiger partial charge is 0.137 e. The van der Waals surface area contributed by atoms with Crippen LogP contribution in [-0.2, 0) is 0 Å². The Kier molecular flexibility index (Phi) is 6.84. The third kappa shape index (κ3) is 4.96. The quantitative estimate of drug-likeness (QED) is 0.175. The number of furan rings is 1. The Morgan fingerprint density at radius 3 is 1.91 bits per heavy atom. The predicted molar refractivity (Wildman–Crippen MR) is 238 cm³/mol. The van der Waals surface area contributed by atoms with Crippen LogP contribution in [0.2, 0.25) is 0 Å². The van der Waals surface area contributed by atoms with Gasteiger partial charge in [-0.3, -0.25) is 0 Å². The number of thiazole rings is 1. The van der Waals surface area contributed by atoms with Crippen molar-refractivity contribution < 1.29 is 4.42 Å². The first-order valence-corrected chi connectivity index (χ1v) is 20.7. The molecule has 0 saturated carbocycles. The van der Waals surface area contributed by atoms with Gasteiger partial charge in [0.1, 0.15) is 16.2 Å². The minimum atomic E-state index is 0.881. The number of anilines is 3. The third-order valence-electron chi connectivity index (χ3n) is 10.7. The number of aromatic nitrogens is 1. The topological polar surface area (TPSA) is 29.3 Å². The average Bonchev–Trinajstić information content (AvgIpc) is 4.02. The second-order valence-corrected chi connectivity index (χ2v) is 17.1. The van der Waals surface area contributed by atoms with Crippen molar-refractivity contribution in [1.82, 2.24) is 4.98 Å². The number of nitrogens with zero attached hydrogens (tertiary/aromatic N) is 2. The molecule has 258 valence electrons. The first kappa shape index (κ1) is 31.1. The number of rotatable bonds is 5. The Balaban J connectivity index is 0.956. The maximum absolute atomic E-state index is 6.38. The summed E-state index contributed by atoms with van der Waals surface area (Å²) < 4.78 is 12.7. The van der Waals surface area contributed by atoms with Crippen LogP contribution in [0, 0.1) is 0 Å². The maximum atomic E-state index is 6.38. The van der Waals surface area contributed by atoms with Gasteiger partial charge in [-0.25, -0.2) is 4.98 Å². The van der Waals surface area contributed by atoms with Crippen LogP contribution in [0.3, 0.4) is 0 Å². The molecule has 0 fully saturated rings. The Labute approximate surface area is 327 Å². The SMILES string of the molecule is c1ccc(-c2nc3c(ccc4sc5cc(-c6ccc(N(c7ccc8c(c7)oc7ccccc78)c7ccc8c(c7)sc7ccccc78)cc6)ccc5c43)s2)cc1. The summed E-state index contributed by atoms with van der Waals surface area (Å²) in [7, 11) is 0. The van der Waals surface area contributed by atoms with Crippen molar-refractivity contribution in [2.24, 2.45) is 0 Å². The third-order valence-corrected chi connectivity index (χ3v) is 14.0. The van der Waals surface area contributed by atoms with Gasteiger partial charge in [0.2, 0.25) is 0 Å². The molecule has 4 heterocycles. The zero-order valence-electron chi connectivity index (χ0n) is 29.2. The predicted octanol–water partition coefficient (Wildman–Crippen LogP) is 15.7. The van der Waals surface area contributed by atoms with Crippen LogP contribution < -0.4 is 4.90 Å². The largest absolute Gasteiger partial charge is 0.456 e. The lowest BCUT2D eigenvalue weighted by molar-refractivity contribution is 0.669. The van der Waals surface area contributed by atoms with Gasteiger partial charge in [0.25, 0.3) is 0 Å². The molecule has 0 saturated heterocycles. The molecule has 0 radical (unpaired) electrons. The first-order valence-electron chi connectivity index (χ1n) is 18.3. The Morgan fingerprint density at radius 1 is 0.382 bits per heavy atom. The van der Waals surface area contributed by atoms with E-state index in [9.17, 15) is 0 Å². The Hall–Kier alpha value is -6.31. The molecule has 0 spiro atoms. The van der Waals surface area contributed by atoms with E-state index in [1.807, 2.05) is 34.8 Å². The summed E-state index contributed by atoms with van der Waals surface area (Å²) in [6, 6.07) is 61.2. The lowest BCUT2D eigenvalue weighted by Crippen LogP contribution is -2.09. The zero-order valence-corrected chi connectivity index (χ0v) is 31.6. The summed E-state index contributed by atoms with van der Waals surface area (Å²) in [4.78, 5) is 7.51. The number of hydrogen-bond donors (Lipinski definition) is 0. The van der Waals surface area contributed by atoms with Crippen LogP contribution in [0.15, 0.2) is 174 Å². The lowest BCUT2D eigenvalue weighted by atomic mass is 10.0. The van der Waals surface area contributed by atoms with E-state index in [-0.39, 0.29) is 0 Å². The van der Waals surface area contributed by atoms with E-state index in [1.54, 1.807) is 11.3 Å². The van der Waals surface area contributed by atoms with Gasteiger partial charge in [-0.15, -0.1) is 34.0 Å². The van der Waals surface area contributed by atoms with E-state index in [0.29, 0.717) is 0 Å². The molecule has 0 aliphatic heterocycles. The van der Waals surface area contributed by atoms with Gasteiger partial charge in [0, 0.05) is 79.8 Å². The molecule has 0 unspecified atom stereocenters. The summed E-state index contributed by atoms with van der Waals surface area (Å²) in [5.74, 6) is 0. The van der Waals surface area contributed by atoms with Gasteiger partial charge in [0.05, 0.1) is 10.2 Å². The molecule has 4 aromatic heterocycles. The van der Waals surface area contributed by atoms with Crippen LogP contribution in [0.5, 0.6) is 0 Å². The van der Waals surface area contributed by atoms with Gasteiger partial charge < -0.3 is 9.32 Å². The summed E-state index contributed by atoms with van der Waals surface area (Å²) in [6.45, 7) is 0. The van der Waals surface area contributed by atoms with Crippen LogP contribution >= 0.6 is 34.0 Å². The molecular weight excluding hydrogens is 729 g/mol. The summed E-state index contributed by atoms with van der Waals surface area (Å²) >= 11 is 5.45. The molecule has 12 rings (SSSR count). The molecule has 0 atom stereocenters. The van der Waals surface area contributed by atoms with E-state index in [2.05, 4.69) is 163 Å². The van der Waals surface area contributed by atoms with E-state index >= 15 is 0 Å². The average molecular weight is 757 g/mol. The highest BCUT2D eigenvalue weighted by Gasteiger charge is 2.18. The number of para-hydroxylation sites is 1. The van der Waals surface area contributed by atoms with Gasteiger partial charge in [-0.05, 0) is 77.9 Å². The fourth-order valence-corrected chi connectivity index (χ4v) is 11.4. The number of fused-ring (bicyclic) bond motifs is 11. The van der Waals surface area contributed by atoms with Gasteiger partial charge in [-0.1, -0.05) is 97.1 Å². The molecule has 55 heavy (non-hydrogen) atoms. The number of thiophene rings is 2. The monoisotopic (exact) mass is 756 g/mol. The van der Waals surface area contributed by atoms with Gasteiger partial charge in [-0.2, -0.15) is 0 Å². The van der Waals surface area contributed by atoms with Crippen LogP contribution in [0.1, 0.15) is 0 Å². The summed E-state index contributed by atoms with van der Waals surface area (Å²) in [6.07, 6.45) is 0. The Morgan fingerprint density at radius 2 is 1.02 bits per heavy atom. The Bertz CT molecular complexity index is 3330. The van der Waals surface area contributed by atoms with Crippen molar-refractivity contribution in [1.29, 1.82) is 0 Å². The van der Waals surface area contributed by atoms with Crippen molar-refractivity contribution in [3.8, 4) is 21.7 Å². The molecule has 0 N–H and O–H groups in total. The second kappa shape index (κ2) is 12.1. The molecule has 0 bridgehead atoms. The standard InChI is InChI=1S/C49H28N2OS3/c1-2-8-30(9-3-1)49-50-48-44(55-49)25-24-43-47(48)39-21-16-31(26-45(39)54-43)29-14-17-32(18-15-29)51(33-19-22-36-35-10-4-6-12-40(35)52-41(36)27-33)34-20-23-38-37-11-5-7-13-42(37)53-46(38)28-34/h1-28H. The lowest BCUT2D eigenvalue weighted by Gasteiger charge is -2.26. The molecule has 0 aliphatic rings. The summed E-state index contributed by atoms with van der Waals surface area (Å²) in [5, 5.41) is 8.43. The van der Waals surface area contributed by atoms with Crippen LogP contribution in [0.4, 0.5) is 17.1 Å². The van der Waals surface area contributed by atoms with E-state index < -0.39 is 0 Å². The molecule has 3 nitrogen and oxygen atoms in total. The zero-order chi connectivity index (χ0) is 36.0. The van der Waals surface area contributed by atoms with Crippen molar-refractivity contribution in [3.63, 3.8) is 0 Å². The van der Waals surface area contributed by atoms with Crippen molar-refractivity contribution in [2.75, 3.05) is 4.90 Å². The number of benzene rings is 8. The van der Waals surface area contributed by atoms with Crippen LogP contribution in [0.25, 0.3) is 94.2 Å². The second-order valence-electron chi connectivity index (χ2n) is 13.9. The number of hydrogen-bond acceptors (Lipinski definition) is 6. The van der Waals surface area contributed by atoms with Crippen molar-refractivity contribution in [3.05, 3.63) is 170 Å². The van der Waals surface area contributed by atoms with E-state index in [0.717, 1.165) is 55.1 Å². The summed E-state index contributed by atoms with van der Waals surface area (Å²) in [5.41, 5.74) is 9.67. The van der Waals surface area contributed by atoms with E-state index in [1.165, 1.54) is 56.2 Å². The maximum Gasteiger partial charge on any atom is 0.137 e. The van der Waals surface area contributed by atoms with Gasteiger partial charge >= 0.3 is 0 Å². The van der Waals surface area contributed by atoms with Crippen LogP contribution in [-0.4, -0.2) is 4.98 Å². The fraction of sp³-hybridized carbons (Fsp3) is 0. The molecular formula is C49H28N2OS3. The van der Waals surface area contributed by atoms with Crippen molar-refractivity contribution >= 4 is 124 Å². The minimum absolute atomic E-state index is 0.881. The fourth-order valence-electron chi connectivity index (χ4n) is 8.09. The molecule has 0 aliphatic carbocycles.